The molecule has 69 heavy (non-hydrogen) atoms. The molecule has 0 aromatic heterocycles. The molecule has 0 fully saturated rings. The quantitative estimate of drug-likeness (QED) is 0.0321. The molecule has 0 aliphatic carbocycles. The summed E-state index contributed by atoms with van der Waals surface area (Å²) in [7, 11) is 0. The van der Waals surface area contributed by atoms with Crippen LogP contribution in [0.15, 0.2) is 36.5 Å². The van der Waals surface area contributed by atoms with Gasteiger partial charge in [0.1, 0.15) is 0 Å². The number of aliphatic hydroxyl groups is 2. The maximum Gasteiger partial charge on any atom is 0.305 e. The highest BCUT2D eigenvalue weighted by Crippen LogP contribution is 2.17. The minimum absolute atomic E-state index is 0.0215. The summed E-state index contributed by atoms with van der Waals surface area (Å²) in [6, 6.07) is -0.650. The number of carbonyl (C=O) groups excluding carboxylic acids is 2. The number of aliphatic hydroxyl groups excluding tert-OH is 2. The van der Waals surface area contributed by atoms with Crippen LogP contribution in [0.5, 0.6) is 0 Å². The van der Waals surface area contributed by atoms with E-state index in [2.05, 4.69) is 43.5 Å². The number of hydrogen-bond donors (Lipinski definition) is 3. The highest BCUT2D eigenvalue weighted by molar-refractivity contribution is 5.76. The minimum atomic E-state index is -0.864. The first-order chi connectivity index (χ1) is 34.0. The predicted molar refractivity (Wildman–Crippen MR) is 301 cm³/mol. The van der Waals surface area contributed by atoms with Gasteiger partial charge in [-0.1, -0.05) is 269 Å². The average molecular weight is 971 g/mol. The Bertz CT molecular complexity index is 1120. The second-order valence-electron chi connectivity index (χ2n) is 21.0. The highest BCUT2D eigenvalue weighted by Gasteiger charge is 2.18. The van der Waals surface area contributed by atoms with Crippen LogP contribution >= 0.6 is 0 Å². The molecule has 0 aliphatic rings. The maximum absolute atomic E-state index is 12.5. The van der Waals surface area contributed by atoms with E-state index in [4.69, 9.17) is 4.74 Å². The molecular formula is C63H119NO5. The van der Waals surface area contributed by atoms with Crippen LogP contribution in [-0.2, 0) is 14.3 Å². The Kier molecular flexibility index (Phi) is 57.0. The summed E-state index contributed by atoms with van der Waals surface area (Å²) in [5, 5.41) is 23.2. The summed E-state index contributed by atoms with van der Waals surface area (Å²) >= 11 is 0. The number of rotatable bonds is 57. The van der Waals surface area contributed by atoms with Crippen LogP contribution in [0.1, 0.15) is 328 Å². The predicted octanol–water partition coefficient (Wildman–Crippen LogP) is 19.2. The Morgan fingerprint density at radius 2 is 0.681 bits per heavy atom. The number of esters is 1. The SMILES string of the molecule is CCCCCCCC/C=C\CCCCCCCC(=O)OCCCCCCCC/C=C\CCCCCC(=O)NC(CO)C(O)/C=C/CCCCCCCCCCCCCCCCCCCCCCCC. The topological polar surface area (TPSA) is 95.9 Å². The molecule has 0 bridgehead atoms. The van der Waals surface area contributed by atoms with Gasteiger partial charge in [0.25, 0.3) is 0 Å². The largest absolute Gasteiger partial charge is 0.466 e. The molecular weight excluding hydrogens is 851 g/mol. The number of hydrogen-bond acceptors (Lipinski definition) is 5. The number of carbonyl (C=O) groups is 2. The van der Waals surface area contributed by atoms with Crippen molar-refractivity contribution in [1.29, 1.82) is 0 Å². The fraction of sp³-hybridized carbons (Fsp3) is 0.873. The monoisotopic (exact) mass is 970 g/mol. The van der Waals surface area contributed by atoms with Crippen molar-refractivity contribution >= 4 is 11.9 Å². The molecule has 406 valence electrons. The van der Waals surface area contributed by atoms with E-state index in [0.717, 1.165) is 70.6 Å². The van der Waals surface area contributed by atoms with E-state index in [0.29, 0.717) is 19.4 Å². The lowest BCUT2D eigenvalue weighted by molar-refractivity contribution is -0.143. The van der Waals surface area contributed by atoms with Gasteiger partial charge in [0.2, 0.25) is 5.91 Å². The van der Waals surface area contributed by atoms with Gasteiger partial charge in [-0.05, 0) is 83.5 Å². The summed E-state index contributed by atoms with van der Waals surface area (Å²) in [6.45, 7) is 4.87. The number of allylic oxidation sites excluding steroid dienone is 5. The van der Waals surface area contributed by atoms with Crippen LogP contribution < -0.4 is 5.32 Å². The third-order valence-electron chi connectivity index (χ3n) is 14.1. The summed E-state index contributed by atoms with van der Waals surface area (Å²) in [6.07, 6.45) is 73.2. The summed E-state index contributed by atoms with van der Waals surface area (Å²) in [5.74, 6) is -0.117. The van der Waals surface area contributed by atoms with Gasteiger partial charge in [0, 0.05) is 12.8 Å². The molecule has 3 N–H and O–H groups in total. The van der Waals surface area contributed by atoms with E-state index in [1.54, 1.807) is 6.08 Å². The Morgan fingerprint density at radius 3 is 1.04 bits per heavy atom. The normalized spacial score (nSPS) is 12.8. The van der Waals surface area contributed by atoms with Crippen LogP contribution in [0, 0.1) is 0 Å². The van der Waals surface area contributed by atoms with Gasteiger partial charge in [-0.15, -0.1) is 0 Å². The molecule has 0 aromatic carbocycles. The molecule has 0 heterocycles. The van der Waals surface area contributed by atoms with Crippen molar-refractivity contribution in [3.8, 4) is 0 Å². The lowest BCUT2D eigenvalue weighted by atomic mass is 10.0. The summed E-state index contributed by atoms with van der Waals surface area (Å²) in [4.78, 5) is 24.5. The van der Waals surface area contributed by atoms with Crippen molar-refractivity contribution in [2.45, 2.75) is 341 Å². The summed E-state index contributed by atoms with van der Waals surface area (Å²) < 4.78 is 5.46. The lowest BCUT2D eigenvalue weighted by Crippen LogP contribution is -2.45. The van der Waals surface area contributed by atoms with E-state index in [-0.39, 0.29) is 18.5 Å². The zero-order valence-corrected chi connectivity index (χ0v) is 46.3. The molecule has 0 spiro atoms. The third-order valence-corrected chi connectivity index (χ3v) is 14.1. The molecule has 6 nitrogen and oxygen atoms in total. The van der Waals surface area contributed by atoms with Gasteiger partial charge in [-0.3, -0.25) is 9.59 Å². The number of unbranched alkanes of at least 4 members (excludes halogenated alkanes) is 42. The molecule has 0 saturated carbocycles. The van der Waals surface area contributed by atoms with E-state index in [1.807, 2.05) is 6.08 Å². The van der Waals surface area contributed by atoms with Gasteiger partial charge in [-0.25, -0.2) is 0 Å². The Hall–Kier alpha value is -1.92. The minimum Gasteiger partial charge on any atom is -0.466 e. The van der Waals surface area contributed by atoms with Gasteiger partial charge in [-0.2, -0.15) is 0 Å². The molecule has 0 rings (SSSR count). The first-order valence-electron chi connectivity index (χ1n) is 30.8. The average Bonchev–Trinajstić information content (AvgIpc) is 3.35. The van der Waals surface area contributed by atoms with Crippen LogP contribution in [-0.4, -0.2) is 47.4 Å². The standard InChI is InChI=1S/C63H119NO5/c1-3-5-7-9-11-13-15-17-19-20-21-22-23-24-25-26-27-29-31-35-39-43-47-51-55-61(66)60(59-65)64-62(67)56-52-48-44-40-36-32-30-34-38-42-46-50-54-58-69-63(68)57-53-49-45-41-37-33-28-18-16-14-12-10-8-6-4-2/h18,28,32,36,51,55,60-61,65-66H,3-17,19-27,29-31,33-35,37-50,52-54,56-59H2,1-2H3,(H,64,67)/b28-18-,36-32-,55-51+. The number of amides is 1. The molecule has 0 aromatic rings. The molecule has 0 radical (unpaired) electrons. The van der Waals surface area contributed by atoms with Gasteiger partial charge in [0.05, 0.1) is 25.4 Å². The Morgan fingerprint density at radius 1 is 0.391 bits per heavy atom. The van der Waals surface area contributed by atoms with Crippen LogP contribution in [0.3, 0.4) is 0 Å². The lowest BCUT2D eigenvalue weighted by Gasteiger charge is -2.19. The second-order valence-corrected chi connectivity index (χ2v) is 21.0. The molecule has 2 unspecified atom stereocenters. The van der Waals surface area contributed by atoms with Crippen molar-refractivity contribution in [3.63, 3.8) is 0 Å². The van der Waals surface area contributed by atoms with Crippen molar-refractivity contribution < 1.29 is 24.5 Å². The second kappa shape index (κ2) is 58.6. The van der Waals surface area contributed by atoms with Crippen molar-refractivity contribution in [3.05, 3.63) is 36.5 Å². The van der Waals surface area contributed by atoms with Crippen molar-refractivity contribution in [1.82, 2.24) is 5.32 Å². The Labute approximate surface area is 430 Å². The molecule has 0 aliphatic heterocycles. The third kappa shape index (κ3) is 55.2. The summed E-state index contributed by atoms with van der Waals surface area (Å²) in [5.41, 5.74) is 0. The fourth-order valence-electron chi connectivity index (χ4n) is 9.39. The van der Waals surface area contributed by atoms with Crippen molar-refractivity contribution in [2.24, 2.45) is 0 Å². The van der Waals surface area contributed by atoms with Gasteiger partial charge >= 0.3 is 5.97 Å². The van der Waals surface area contributed by atoms with Gasteiger partial charge < -0.3 is 20.3 Å². The zero-order chi connectivity index (χ0) is 50.0. The van der Waals surface area contributed by atoms with E-state index in [9.17, 15) is 19.8 Å². The van der Waals surface area contributed by atoms with Crippen LogP contribution in [0.25, 0.3) is 0 Å². The van der Waals surface area contributed by atoms with Gasteiger partial charge in [0.15, 0.2) is 0 Å². The first kappa shape index (κ1) is 67.1. The number of nitrogens with one attached hydrogen (secondary N) is 1. The smallest absolute Gasteiger partial charge is 0.305 e. The van der Waals surface area contributed by atoms with E-state index in [1.165, 1.54) is 231 Å². The highest BCUT2D eigenvalue weighted by atomic mass is 16.5. The van der Waals surface area contributed by atoms with Crippen molar-refractivity contribution in [2.75, 3.05) is 13.2 Å². The van der Waals surface area contributed by atoms with E-state index >= 15 is 0 Å². The molecule has 0 saturated heterocycles. The fourth-order valence-corrected chi connectivity index (χ4v) is 9.39. The van der Waals surface area contributed by atoms with Crippen LogP contribution in [0.4, 0.5) is 0 Å². The zero-order valence-electron chi connectivity index (χ0n) is 46.3. The van der Waals surface area contributed by atoms with Crippen LogP contribution in [0.2, 0.25) is 0 Å². The van der Waals surface area contributed by atoms with E-state index < -0.39 is 12.1 Å². The Balaban J connectivity index is 3.52. The molecule has 6 heteroatoms. The maximum atomic E-state index is 12.5. The first-order valence-corrected chi connectivity index (χ1v) is 30.8. The molecule has 2 atom stereocenters. The molecule has 1 amide bonds. The number of ether oxygens (including phenoxy) is 1.